The molecule has 4 heteroatoms. The molecule has 94 valence electrons. The molecule has 0 aromatic rings. The van der Waals surface area contributed by atoms with Crippen LogP contribution in [0.1, 0.15) is 34.1 Å². The van der Waals surface area contributed by atoms with Gasteiger partial charge in [-0.3, -0.25) is 9.69 Å². The van der Waals surface area contributed by atoms with Gasteiger partial charge < -0.3 is 4.74 Å². The lowest BCUT2D eigenvalue weighted by Crippen LogP contribution is -2.38. The highest BCUT2D eigenvalue weighted by atomic mass is 32.2. The highest BCUT2D eigenvalue weighted by Crippen LogP contribution is 2.22. The van der Waals surface area contributed by atoms with Crippen LogP contribution in [-0.2, 0) is 9.53 Å². The first-order valence-electron chi connectivity index (χ1n) is 6.06. The van der Waals surface area contributed by atoms with E-state index >= 15 is 0 Å². The summed E-state index contributed by atoms with van der Waals surface area (Å²) >= 11 is 1.74. The van der Waals surface area contributed by atoms with Crippen LogP contribution in [0, 0.1) is 0 Å². The number of nitrogens with zero attached hydrogens (tertiary/aromatic N) is 1. The molecule has 0 aliphatic carbocycles. The fourth-order valence-electron chi connectivity index (χ4n) is 2.04. The largest absolute Gasteiger partial charge is 0.465 e. The first-order chi connectivity index (χ1) is 7.52. The second-order valence-electron chi connectivity index (χ2n) is 4.74. The Morgan fingerprint density at radius 3 is 2.44 bits per heavy atom. The van der Waals surface area contributed by atoms with Crippen molar-refractivity contribution in [3.8, 4) is 0 Å². The Kier molecular flexibility index (Phi) is 5.62. The molecule has 0 N–H and O–H groups in total. The van der Waals surface area contributed by atoms with Gasteiger partial charge in [-0.25, -0.2) is 0 Å². The van der Waals surface area contributed by atoms with E-state index in [1.54, 1.807) is 11.8 Å². The molecule has 0 aromatic carbocycles. The Labute approximate surface area is 103 Å². The smallest absolute Gasteiger partial charge is 0.319 e. The number of cyclic esters (lactones) is 1. The van der Waals surface area contributed by atoms with Gasteiger partial charge >= 0.3 is 5.97 Å². The van der Waals surface area contributed by atoms with Crippen LogP contribution in [-0.4, -0.2) is 47.1 Å². The molecule has 0 unspecified atom stereocenters. The molecule has 0 aromatic heterocycles. The Morgan fingerprint density at radius 1 is 1.38 bits per heavy atom. The van der Waals surface area contributed by atoms with Crippen molar-refractivity contribution in [3.63, 3.8) is 0 Å². The first kappa shape index (κ1) is 13.8. The van der Waals surface area contributed by atoms with Crippen LogP contribution in [0.3, 0.4) is 0 Å². The maximum atomic E-state index is 11.3. The predicted molar refractivity (Wildman–Crippen MR) is 68.8 cm³/mol. The van der Waals surface area contributed by atoms with Gasteiger partial charge in [-0.2, -0.15) is 0 Å². The van der Waals surface area contributed by atoms with Crippen LogP contribution in [0.2, 0.25) is 0 Å². The van der Waals surface area contributed by atoms with Gasteiger partial charge in [0.25, 0.3) is 0 Å². The average molecular weight is 245 g/mol. The Balaban J connectivity index is 2.25. The normalized spacial score (nSPS) is 21.2. The molecule has 0 radical (unpaired) electrons. The van der Waals surface area contributed by atoms with E-state index in [1.807, 2.05) is 0 Å². The molecular formula is C12H23NO2S. The van der Waals surface area contributed by atoms with Crippen molar-refractivity contribution in [1.29, 1.82) is 0 Å². The van der Waals surface area contributed by atoms with Gasteiger partial charge in [0.1, 0.15) is 5.25 Å². The van der Waals surface area contributed by atoms with Gasteiger partial charge in [0.05, 0.1) is 6.61 Å². The van der Waals surface area contributed by atoms with Crippen molar-refractivity contribution >= 4 is 17.7 Å². The molecule has 16 heavy (non-hydrogen) atoms. The Morgan fingerprint density at radius 2 is 2.00 bits per heavy atom. The molecule has 1 atom stereocenters. The monoisotopic (exact) mass is 245 g/mol. The third-order valence-electron chi connectivity index (χ3n) is 2.88. The lowest BCUT2D eigenvalue weighted by molar-refractivity contribution is -0.137. The summed E-state index contributed by atoms with van der Waals surface area (Å²) in [6, 6.07) is 1.13. The molecule has 1 saturated heterocycles. The topological polar surface area (TPSA) is 29.5 Å². The summed E-state index contributed by atoms with van der Waals surface area (Å²) < 4.78 is 4.94. The molecule has 0 amide bonds. The molecule has 0 spiro atoms. The van der Waals surface area contributed by atoms with Gasteiger partial charge in [0.2, 0.25) is 0 Å². The zero-order valence-corrected chi connectivity index (χ0v) is 11.5. The Hall–Kier alpha value is -0.220. The van der Waals surface area contributed by atoms with Crippen molar-refractivity contribution in [1.82, 2.24) is 4.90 Å². The summed E-state index contributed by atoms with van der Waals surface area (Å²) in [5.74, 6) is 0.987. The number of carbonyl (C=O) groups is 1. The number of carbonyl (C=O) groups excluding carboxylic acids is 1. The molecule has 3 nitrogen and oxygen atoms in total. The van der Waals surface area contributed by atoms with Crippen LogP contribution in [0.5, 0.6) is 0 Å². The van der Waals surface area contributed by atoms with Crippen LogP contribution < -0.4 is 0 Å². The second kappa shape index (κ2) is 6.50. The van der Waals surface area contributed by atoms with E-state index in [4.69, 9.17) is 4.74 Å². The van der Waals surface area contributed by atoms with E-state index in [-0.39, 0.29) is 11.2 Å². The van der Waals surface area contributed by atoms with Gasteiger partial charge in [-0.15, -0.1) is 11.8 Å². The van der Waals surface area contributed by atoms with Crippen molar-refractivity contribution < 1.29 is 9.53 Å². The zero-order chi connectivity index (χ0) is 12.1. The van der Waals surface area contributed by atoms with Crippen LogP contribution in [0.25, 0.3) is 0 Å². The number of ether oxygens (including phenoxy) is 1. The van der Waals surface area contributed by atoms with Crippen LogP contribution in [0.4, 0.5) is 0 Å². The van der Waals surface area contributed by atoms with Crippen LogP contribution >= 0.6 is 11.8 Å². The number of thioether (sulfide) groups is 1. The standard InChI is InChI=1S/C12H23NO2S/c1-9(2)13(10(3)4)6-8-16-11-5-7-15-12(11)14/h9-11H,5-8H2,1-4H3/t11-/m0/s1. The SMILES string of the molecule is CC(C)N(CCS[C@H]1CCOC1=O)C(C)C. The van der Waals surface area contributed by atoms with E-state index in [0.29, 0.717) is 18.7 Å². The van der Waals surface area contributed by atoms with Gasteiger partial charge in [0, 0.05) is 30.8 Å². The average Bonchev–Trinajstić information content (AvgIpc) is 2.57. The van der Waals surface area contributed by atoms with E-state index in [1.165, 1.54) is 0 Å². The van der Waals surface area contributed by atoms with Crippen LogP contribution in [0.15, 0.2) is 0 Å². The zero-order valence-electron chi connectivity index (χ0n) is 10.7. The molecule has 1 aliphatic heterocycles. The molecule has 1 rings (SSSR count). The van der Waals surface area contributed by atoms with Gasteiger partial charge in [0.15, 0.2) is 0 Å². The fourth-order valence-corrected chi connectivity index (χ4v) is 3.11. The lowest BCUT2D eigenvalue weighted by Gasteiger charge is -2.30. The van der Waals surface area contributed by atoms with Crippen molar-refractivity contribution in [3.05, 3.63) is 0 Å². The molecular weight excluding hydrogens is 222 g/mol. The lowest BCUT2D eigenvalue weighted by atomic mass is 10.2. The summed E-state index contributed by atoms with van der Waals surface area (Å²) in [6.07, 6.45) is 0.882. The molecule has 0 saturated carbocycles. The minimum absolute atomic E-state index is 0.0226. The molecule has 1 fully saturated rings. The fraction of sp³-hybridized carbons (Fsp3) is 0.917. The van der Waals surface area contributed by atoms with Gasteiger partial charge in [-0.05, 0) is 27.7 Å². The van der Waals surface area contributed by atoms with Crippen molar-refractivity contribution in [2.45, 2.75) is 51.4 Å². The first-order valence-corrected chi connectivity index (χ1v) is 7.11. The van der Waals surface area contributed by atoms with E-state index in [2.05, 4.69) is 32.6 Å². The van der Waals surface area contributed by atoms with E-state index < -0.39 is 0 Å². The quantitative estimate of drug-likeness (QED) is 0.671. The minimum atomic E-state index is -0.0226. The summed E-state index contributed by atoms with van der Waals surface area (Å²) in [5, 5.41) is 0.0844. The third kappa shape index (κ3) is 3.98. The Bertz CT molecular complexity index is 223. The number of esters is 1. The van der Waals surface area contributed by atoms with Crippen molar-refractivity contribution in [2.24, 2.45) is 0 Å². The molecule has 1 aliphatic rings. The summed E-state index contributed by atoms with van der Waals surface area (Å²) in [5.41, 5.74) is 0. The van der Waals surface area contributed by atoms with Crippen molar-refractivity contribution in [2.75, 3.05) is 18.9 Å². The molecule has 1 heterocycles. The predicted octanol–water partition coefficient (Wildman–Crippen LogP) is 2.15. The van der Waals surface area contributed by atoms with E-state index in [9.17, 15) is 4.79 Å². The number of rotatable bonds is 6. The minimum Gasteiger partial charge on any atom is -0.465 e. The highest BCUT2D eigenvalue weighted by molar-refractivity contribution is 8.00. The van der Waals surface area contributed by atoms with Gasteiger partial charge in [-0.1, -0.05) is 0 Å². The maximum Gasteiger partial charge on any atom is 0.319 e. The number of hydrogen-bond acceptors (Lipinski definition) is 4. The molecule has 0 bridgehead atoms. The summed E-state index contributed by atoms with van der Waals surface area (Å²) in [7, 11) is 0. The number of hydrogen-bond donors (Lipinski definition) is 0. The summed E-state index contributed by atoms with van der Waals surface area (Å²) in [4.78, 5) is 13.7. The summed E-state index contributed by atoms with van der Waals surface area (Å²) in [6.45, 7) is 10.5. The third-order valence-corrected chi connectivity index (χ3v) is 4.13. The second-order valence-corrected chi connectivity index (χ2v) is 6.05. The van der Waals surface area contributed by atoms with E-state index in [0.717, 1.165) is 18.7 Å². The maximum absolute atomic E-state index is 11.3. The highest BCUT2D eigenvalue weighted by Gasteiger charge is 2.26.